The van der Waals surface area contributed by atoms with Gasteiger partial charge in [0.25, 0.3) is 0 Å². The lowest BCUT2D eigenvalue weighted by atomic mass is 10.3. The molecular formula is C17H16N4O2S. The van der Waals surface area contributed by atoms with E-state index in [1.807, 2.05) is 19.1 Å². The minimum absolute atomic E-state index is 0.281. The van der Waals surface area contributed by atoms with Gasteiger partial charge in [0.15, 0.2) is 0 Å². The normalized spacial score (nSPS) is 10.2. The maximum absolute atomic E-state index is 12.0. The molecule has 0 radical (unpaired) electrons. The number of ether oxygens (including phenoxy) is 1. The van der Waals surface area contributed by atoms with Crippen molar-refractivity contribution in [3.8, 4) is 11.6 Å². The molecule has 24 heavy (non-hydrogen) atoms. The Hall–Kier alpha value is -2.93. The number of thiazole rings is 1. The first-order chi connectivity index (χ1) is 11.7. The van der Waals surface area contributed by atoms with E-state index in [4.69, 9.17) is 4.74 Å². The van der Waals surface area contributed by atoms with Crippen LogP contribution in [0.2, 0.25) is 0 Å². The minimum Gasteiger partial charge on any atom is -0.439 e. The summed E-state index contributed by atoms with van der Waals surface area (Å²) < 4.78 is 5.64. The molecule has 0 aliphatic carbocycles. The van der Waals surface area contributed by atoms with Crippen LogP contribution >= 0.6 is 11.3 Å². The highest BCUT2D eigenvalue weighted by atomic mass is 32.1. The molecule has 2 amide bonds. The number of nitrogens with zero attached hydrogens (tertiary/aromatic N) is 2. The summed E-state index contributed by atoms with van der Waals surface area (Å²) >= 11 is 1.56. The summed E-state index contributed by atoms with van der Waals surface area (Å²) in [4.78, 5) is 21.2. The molecule has 2 heterocycles. The largest absolute Gasteiger partial charge is 0.439 e. The standard InChI is InChI=1S/C17H16N4O2S/c1-12-19-10-15(24-12)11-20-17(22)21-13-5-4-6-14(9-13)23-16-7-2-3-8-18-16/h2-10H,11H2,1H3,(H2,20,21,22). The van der Waals surface area contributed by atoms with Gasteiger partial charge in [0, 0.05) is 35.1 Å². The van der Waals surface area contributed by atoms with Gasteiger partial charge in [-0.1, -0.05) is 12.1 Å². The van der Waals surface area contributed by atoms with Gasteiger partial charge in [-0.25, -0.2) is 14.8 Å². The molecule has 0 fully saturated rings. The summed E-state index contributed by atoms with van der Waals surface area (Å²) in [5, 5.41) is 6.55. The molecule has 0 aliphatic rings. The maximum atomic E-state index is 12.0. The SMILES string of the molecule is Cc1ncc(CNC(=O)Nc2cccc(Oc3ccccn3)c2)s1. The lowest BCUT2D eigenvalue weighted by Gasteiger charge is -2.09. The van der Waals surface area contributed by atoms with Gasteiger partial charge in [-0.2, -0.15) is 0 Å². The molecule has 0 saturated carbocycles. The van der Waals surface area contributed by atoms with Crippen LogP contribution in [0, 0.1) is 6.92 Å². The van der Waals surface area contributed by atoms with Gasteiger partial charge >= 0.3 is 6.03 Å². The first-order valence-corrected chi connectivity index (χ1v) is 8.16. The monoisotopic (exact) mass is 340 g/mol. The zero-order chi connectivity index (χ0) is 16.8. The Kier molecular flexibility index (Phi) is 5.02. The maximum Gasteiger partial charge on any atom is 0.319 e. The second kappa shape index (κ2) is 7.56. The van der Waals surface area contributed by atoms with Gasteiger partial charge in [-0.15, -0.1) is 11.3 Å². The van der Waals surface area contributed by atoms with Gasteiger partial charge in [0.1, 0.15) is 5.75 Å². The number of amides is 2. The molecule has 0 atom stereocenters. The smallest absolute Gasteiger partial charge is 0.319 e. The molecule has 2 N–H and O–H groups in total. The van der Waals surface area contributed by atoms with Crippen molar-refractivity contribution in [1.82, 2.24) is 15.3 Å². The Morgan fingerprint density at radius 1 is 1.21 bits per heavy atom. The van der Waals surface area contributed by atoms with Crippen LogP contribution in [0.15, 0.2) is 54.9 Å². The fraction of sp³-hybridized carbons (Fsp3) is 0.118. The van der Waals surface area contributed by atoms with E-state index >= 15 is 0 Å². The third-order valence-corrected chi connectivity index (χ3v) is 3.96. The number of rotatable bonds is 5. The number of benzene rings is 1. The molecule has 0 aliphatic heterocycles. The van der Waals surface area contributed by atoms with E-state index in [9.17, 15) is 4.79 Å². The van der Waals surface area contributed by atoms with Gasteiger partial charge in [-0.05, 0) is 25.1 Å². The number of aryl methyl sites for hydroxylation is 1. The summed E-state index contributed by atoms with van der Waals surface area (Å²) in [6.07, 6.45) is 3.42. The topological polar surface area (TPSA) is 76.1 Å². The van der Waals surface area contributed by atoms with E-state index in [2.05, 4.69) is 20.6 Å². The van der Waals surface area contributed by atoms with Crippen LogP contribution in [0.5, 0.6) is 11.6 Å². The molecule has 0 bridgehead atoms. The van der Waals surface area contributed by atoms with E-state index in [0.717, 1.165) is 9.88 Å². The molecule has 0 unspecified atom stereocenters. The first-order valence-electron chi connectivity index (χ1n) is 7.34. The van der Waals surface area contributed by atoms with Crippen molar-refractivity contribution in [2.45, 2.75) is 13.5 Å². The third-order valence-electron chi connectivity index (χ3n) is 3.04. The first kappa shape index (κ1) is 15.9. The van der Waals surface area contributed by atoms with Crippen molar-refractivity contribution in [2.24, 2.45) is 0 Å². The summed E-state index contributed by atoms with van der Waals surface area (Å²) in [6.45, 7) is 2.38. The van der Waals surface area contributed by atoms with Crippen molar-refractivity contribution >= 4 is 23.1 Å². The molecule has 3 aromatic rings. The number of carbonyl (C=O) groups is 1. The lowest BCUT2D eigenvalue weighted by Crippen LogP contribution is -2.27. The average Bonchev–Trinajstić information content (AvgIpc) is 3.00. The molecule has 0 saturated heterocycles. The Morgan fingerprint density at radius 2 is 2.12 bits per heavy atom. The molecule has 122 valence electrons. The molecule has 6 nitrogen and oxygen atoms in total. The van der Waals surface area contributed by atoms with Crippen LogP contribution in [0.4, 0.5) is 10.5 Å². The zero-order valence-corrected chi connectivity index (χ0v) is 13.8. The van der Waals surface area contributed by atoms with Crippen molar-refractivity contribution in [3.63, 3.8) is 0 Å². The molecule has 3 rings (SSSR count). The number of hydrogen-bond donors (Lipinski definition) is 2. The second-order valence-electron chi connectivity index (χ2n) is 4.95. The highest BCUT2D eigenvalue weighted by Gasteiger charge is 2.05. The van der Waals surface area contributed by atoms with Gasteiger partial charge < -0.3 is 15.4 Å². The molecule has 7 heteroatoms. The number of pyridine rings is 1. The fourth-order valence-electron chi connectivity index (χ4n) is 2.00. The molecule has 1 aromatic carbocycles. The molecule has 0 spiro atoms. The Morgan fingerprint density at radius 3 is 2.88 bits per heavy atom. The molecular weight excluding hydrogens is 324 g/mol. The number of aromatic nitrogens is 2. The minimum atomic E-state index is -0.281. The second-order valence-corrected chi connectivity index (χ2v) is 6.27. The van der Waals surface area contributed by atoms with E-state index in [1.165, 1.54) is 0 Å². The van der Waals surface area contributed by atoms with Crippen molar-refractivity contribution < 1.29 is 9.53 Å². The predicted octanol–water partition coefficient (Wildman–Crippen LogP) is 3.96. The van der Waals surface area contributed by atoms with Crippen molar-refractivity contribution in [1.29, 1.82) is 0 Å². The predicted molar refractivity (Wildman–Crippen MR) is 93.5 cm³/mol. The summed E-state index contributed by atoms with van der Waals surface area (Å²) in [6, 6.07) is 12.3. The lowest BCUT2D eigenvalue weighted by molar-refractivity contribution is 0.252. The van der Waals surface area contributed by atoms with Crippen LogP contribution < -0.4 is 15.4 Å². The summed E-state index contributed by atoms with van der Waals surface area (Å²) in [7, 11) is 0. The van der Waals surface area contributed by atoms with E-state index in [1.54, 1.807) is 54.1 Å². The van der Waals surface area contributed by atoms with Crippen LogP contribution in [0.1, 0.15) is 9.88 Å². The Balaban J connectivity index is 1.56. The Labute approximate surface area is 143 Å². The van der Waals surface area contributed by atoms with Crippen molar-refractivity contribution in [2.75, 3.05) is 5.32 Å². The number of urea groups is 1. The quantitative estimate of drug-likeness (QED) is 0.737. The van der Waals surface area contributed by atoms with Gasteiger partial charge in [0.05, 0.1) is 11.6 Å². The number of carbonyl (C=O) groups excluding carboxylic acids is 1. The van der Waals surface area contributed by atoms with Crippen LogP contribution in [0.25, 0.3) is 0 Å². The van der Waals surface area contributed by atoms with Gasteiger partial charge in [-0.3, -0.25) is 0 Å². The Bertz CT molecular complexity index is 820. The highest BCUT2D eigenvalue weighted by Crippen LogP contribution is 2.22. The number of anilines is 1. The zero-order valence-electron chi connectivity index (χ0n) is 13.0. The highest BCUT2D eigenvalue weighted by molar-refractivity contribution is 7.11. The van der Waals surface area contributed by atoms with E-state index in [-0.39, 0.29) is 6.03 Å². The van der Waals surface area contributed by atoms with Crippen LogP contribution in [-0.4, -0.2) is 16.0 Å². The van der Waals surface area contributed by atoms with Gasteiger partial charge in [0.2, 0.25) is 5.88 Å². The fourth-order valence-corrected chi connectivity index (χ4v) is 2.73. The molecule has 2 aromatic heterocycles. The summed E-state index contributed by atoms with van der Waals surface area (Å²) in [5.74, 6) is 1.10. The number of nitrogens with one attached hydrogen (secondary N) is 2. The van der Waals surface area contributed by atoms with E-state index in [0.29, 0.717) is 23.9 Å². The van der Waals surface area contributed by atoms with Crippen LogP contribution in [0.3, 0.4) is 0 Å². The third kappa shape index (κ3) is 4.53. The average molecular weight is 340 g/mol. The van der Waals surface area contributed by atoms with E-state index < -0.39 is 0 Å². The van der Waals surface area contributed by atoms with Crippen molar-refractivity contribution in [3.05, 3.63) is 64.7 Å². The number of hydrogen-bond acceptors (Lipinski definition) is 5. The summed E-state index contributed by atoms with van der Waals surface area (Å²) in [5.41, 5.74) is 0.640. The van der Waals surface area contributed by atoms with Crippen LogP contribution in [-0.2, 0) is 6.54 Å².